The zero-order valence-corrected chi connectivity index (χ0v) is 14.0. The first-order valence-corrected chi connectivity index (χ1v) is 8.08. The molecule has 0 unspecified atom stereocenters. The molecule has 0 fully saturated rings. The quantitative estimate of drug-likeness (QED) is 0.574. The summed E-state index contributed by atoms with van der Waals surface area (Å²) in [7, 11) is 0. The van der Waals surface area contributed by atoms with Gasteiger partial charge in [-0.15, -0.1) is 0 Å². The molecule has 0 bridgehead atoms. The lowest BCUT2D eigenvalue weighted by Crippen LogP contribution is -2.11. The molecule has 130 valence electrons. The lowest BCUT2D eigenvalue weighted by Gasteiger charge is -2.08. The Kier molecular flexibility index (Phi) is 4.10. The number of nitrogens with zero attached hydrogens (tertiary/aromatic N) is 2. The Balaban J connectivity index is 1.43. The number of benzene rings is 2. The van der Waals surface area contributed by atoms with Crippen LogP contribution in [0.2, 0.25) is 0 Å². The van der Waals surface area contributed by atoms with E-state index in [1.807, 2.05) is 30.5 Å². The Morgan fingerprint density at radius 3 is 2.81 bits per heavy atom. The Morgan fingerprint density at radius 2 is 2.04 bits per heavy atom. The summed E-state index contributed by atoms with van der Waals surface area (Å²) >= 11 is 0. The number of ether oxygens (including phenoxy) is 1. The second-order valence-corrected chi connectivity index (χ2v) is 5.74. The van der Waals surface area contributed by atoms with E-state index in [4.69, 9.17) is 9.26 Å². The van der Waals surface area contributed by atoms with Gasteiger partial charge in [-0.05, 0) is 42.5 Å². The Morgan fingerprint density at radius 1 is 1.19 bits per heavy atom. The third-order valence-corrected chi connectivity index (χ3v) is 3.90. The minimum absolute atomic E-state index is 0.181. The number of anilines is 1. The van der Waals surface area contributed by atoms with Crippen LogP contribution in [0.4, 0.5) is 5.69 Å². The predicted octanol–water partition coefficient (Wildman–Crippen LogP) is 3.69. The largest absolute Gasteiger partial charge is 0.485 e. The van der Waals surface area contributed by atoms with Crippen LogP contribution in [0.1, 0.15) is 22.1 Å². The molecule has 2 aromatic heterocycles. The van der Waals surface area contributed by atoms with Gasteiger partial charge in [-0.1, -0.05) is 11.2 Å². The molecule has 0 aliphatic carbocycles. The van der Waals surface area contributed by atoms with Crippen molar-refractivity contribution >= 4 is 22.5 Å². The minimum atomic E-state index is -0.181. The molecule has 2 heterocycles. The molecule has 0 saturated carbocycles. The lowest BCUT2D eigenvalue weighted by atomic mass is 10.1. The van der Waals surface area contributed by atoms with Gasteiger partial charge in [-0.2, -0.15) is 4.98 Å². The van der Waals surface area contributed by atoms with Crippen LogP contribution >= 0.6 is 0 Å². The van der Waals surface area contributed by atoms with E-state index in [0.29, 0.717) is 23.0 Å². The molecule has 7 heteroatoms. The lowest BCUT2D eigenvalue weighted by molar-refractivity contribution is 0.102. The van der Waals surface area contributed by atoms with Crippen molar-refractivity contribution in [2.75, 3.05) is 5.32 Å². The van der Waals surface area contributed by atoms with Crippen LogP contribution in [0.3, 0.4) is 0 Å². The van der Waals surface area contributed by atoms with Crippen LogP contribution in [0.25, 0.3) is 10.9 Å². The molecule has 26 heavy (non-hydrogen) atoms. The highest BCUT2D eigenvalue weighted by Crippen LogP contribution is 2.23. The summed E-state index contributed by atoms with van der Waals surface area (Å²) in [4.78, 5) is 19.7. The van der Waals surface area contributed by atoms with E-state index in [9.17, 15) is 4.79 Å². The molecule has 4 aromatic rings. The Labute approximate surface area is 149 Å². The van der Waals surface area contributed by atoms with Crippen LogP contribution in [0.15, 0.2) is 59.3 Å². The van der Waals surface area contributed by atoms with Crippen molar-refractivity contribution < 1.29 is 14.1 Å². The predicted molar refractivity (Wildman–Crippen MR) is 96.1 cm³/mol. The summed E-state index contributed by atoms with van der Waals surface area (Å²) in [5.74, 6) is 1.41. The minimum Gasteiger partial charge on any atom is -0.485 e. The number of H-pyrrole nitrogens is 1. The number of aromatic amines is 1. The maximum atomic E-state index is 12.5. The van der Waals surface area contributed by atoms with Crippen LogP contribution in [-0.2, 0) is 6.61 Å². The molecule has 7 nitrogen and oxygen atoms in total. The van der Waals surface area contributed by atoms with Gasteiger partial charge in [0.25, 0.3) is 5.91 Å². The summed E-state index contributed by atoms with van der Waals surface area (Å²) in [5, 5.41) is 7.67. The van der Waals surface area contributed by atoms with Crippen molar-refractivity contribution in [3.05, 3.63) is 72.0 Å². The van der Waals surface area contributed by atoms with Crippen molar-refractivity contribution in [2.24, 2.45) is 0 Å². The summed E-state index contributed by atoms with van der Waals surface area (Å²) in [6.07, 6.45) is 1.84. The number of nitrogens with one attached hydrogen (secondary N) is 2. The number of hydrogen-bond donors (Lipinski definition) is 2. The molecule has 0 saturated heterocycles. The average molecular weight is 348 g/mol. The summed E-state index contributed by atoms with van der Waals surface area (Å²) in [5.41, 5.74) is 2.28. The van der Waals surface area contributed by atoms with Crippen LogP contribution in [0, 0.1) is 6.92 Å². The second-order valence-electron chi connectivity index (χ2n) is 5.74. The molecule has 2 aromatic carbocycles. The molecule has 2 N–H and O–H groups in total. The first kappa shape index (κ1) is 15.9. The molecule has 0 radical (unpaired) electrons. The maximum absolute atomic E-state index is 12.5. The van der Waals surface area contributed by atoms with Gasteiger partial charge in [-0.25, -0.2) is 0 Å². The Hall–Kier alpha value is -3.61. The molecule has 0 aliphatic rings. The zero-order chi connectivity index (χ0) is 17.9. The van der Waals surface area contributed by atoms with Crippen molar-refractivity contribution in [1.82, 2.24) is 15.1 Å². The van der Waals surface area contributed by atoms with Gasteiger partial charge in [0.05, 0.1) is 5.69 Å². The van der Waals surface area contributed by atoms with Gasteiger partial charge >= 0.3 is 0 Å². The van der Waals surface area contributed by atoms with Crippen molar-refractivity contribution in [2.45, 2.75) is 13.5 Å². The van der Waals surface area contributed by atoms with Crippen LogP contribution < -0.4 is 10.1 Å². The van der Waals surface area contributed by atoms with Crippen molar-refractivity contribution in [3.8, 4) is 5.75 Å². The maximum Gasteiger partial charge on any atom is 0.255 e. The molecule has 4 rings (SSSR count). The smallest absolute Gasteiger partial charge is 0.255 e. The van der Waals surface area contributed by atoms with Crippen molar-refractivity contribution in [1.29, 1.82) is 0 Å². The molecule has 0 atom stereocenters. The van der Waals surface area contributed by atoms with Gasteiger partial charge in [0.15, 0.2) is 6.61 Å². The fraction of sp³-hybridized carbons (Fsp3) is 0.105. The van der Waals surface area contributed by atoms with Gasteiger partial charge in [0, 0.05) is 29.6 Å². The first-order chi connectivity index (χ1) is 12.7. The summed E-state index contributed by atoms with van der Waals surface area (Å²) in [6.45, 7) is 1.93. The number of carbonyl (C=O) groups excluding carboxylic acids is 1. The van der Waals surface area contributed by atoms with E-state index in [0.717, 1.165) is 16.6 Å². The van der Waals surface area contributed by atoms with E-state index in [2.05, 4.69) is 20.4 Å². The SMILES string of the molecule is Cc1nc(COc2ccc(C(=O)Nc3cccc4[nH]ccc34)cc2)no1. The topological polar surface area (TPSA) is 93.0 Å². The number of fused-ring (bicyclic) bond motifs is 1. The average Bonchev–Trinajstić information content (AvgIpc) is 3.29. The highest BCUT2D eigenvalue weighted by Gasteiger charge is 2.09. The molecule has 1 amide bonds. The molecule has 0 spiro atoms. The standard InChI is InChI=1S/C19H16N4O3/c1-12-21-18(23-26-12)11-25-14-7-5-13(6-8-14)19(24)22-17-4-2-3-16-15(17)9-10-20-16/h2-10,20H,11H2,1H3,(H,22,24). The highest BCUT2D eigenvalue weighted by molar-refractivity contribution is 6.08. The van der Waals surface area contributed by atoms with E-state index in [1.54, 1.807) is 31.2 Å². The van der Waals surface area contributed by atoms with E-state index < -0.39 is 0 Å². The molecule has 0 aliphatic heterocycles. The number of amides is 1. The number of hydrogen-bond acceptors (Lipinski definition) is 5. The van der Waals surface area contributed by atoms with Gasteiger partial charge in [0.2, 0.25) is 11.7 Å². The fourth-order valence-electron chi connectivity index (χ4n) is 2.64. The number of aryl methyl sites for hydroxylation is 1. The Bertz CT molecular complexity index is 1050. The number of aromatic nitrogens is 3. The molecular formula is C19H16N4O3. The van der Waals surface area contributed by atoms with Crippen molar-refractivity contribution in [3.63, 3.8) is 0 Å². The van der Waals surface area contributed by atoms with Gasteiger partial charge in [0.1, 0.15) is 5.75 Å². The van der Waals surface area contributed by atoms with Gasteiger partial charge in [-0.3, -0.25) is 4.79 Å². The normalized spacial score (nSPS) is 10.8. The summed E-state index contributed by atoms with van der Waals surface area (Å²) in [6, 6.07) is 14.6. The third-order valence-electron chi connectivity index (χ3n) is 3.90. The number of rotatable bonds is 5. The van der Waals surface area contributed by atoms with E-state index >= 15 is 0 Å². The first-order valence-electron chi connectivity index (χ1n) is 8.08. The molecular weight excluding hydrogens is 332 g/mol. The highest BCUT2D eigenvalue weighted by atomic mass is 16.5. The van der Waals surface area contributed by atoms with E-state index in [-0.39, 0.29) is 12.5 Å². The third kappa shape index (κ3) is 3.27. The summed E-state index contributed by atoms with van der Waals surface area (Å²) < 4.78 is 10.5. The monoisotopic (exact) mass is 348 g/mol. The zero-order valence-electron chi connectivity index (χ0n) is 14.0. The van der Waals surface area contributed by atoms with Gasteiger partial charge < -0.3 is 19.6 Å². The van der Waals surface area contributed by atoms with Crippen LogP contribution in [0.5, 0.6) is 5.75 Å². The van der Waals surface area contributed by atoms with Crippen LogP contribution in [-0.4, -0.2) is 21.0 Å². The fourth-order valence-corrected chi connectivity index (χ4v) is 2.64. The number of carbonyl (C=O) groups is 1. The van der Waals surface area contributed by atoms with E-state index in [1.165, 1.54) is 0 Å². The second kappa shape index (κ2) is 6.72.